The maximum atomic E-state index is 12.4. The zero-order chi connectivity index (χ0) is 14.7. The van der Waals surface area contributed by atoms with Crippen molar-refractivity contribution in [1.29, 1.82) is 0 Å². The molecule has 1 heterocycles. The largest absolute Gasteiger partial charge is 0.480 e. The Hall–Kier alpha value is -1.52. The average molecular weight is 280 g/mol. The summed E-state index contributed by atoms with van der Waals surface area (Å²) in [5, 5.41) is 12.3. The summed E-state index contributed by atoms with van der Waals surface area (Å²) in [6.07, 6.45) is 7.25. The quantitative estimate of drug-likeness (QED) is 0.777. The van der Waals surface area contributed by atoms with Gasteiger partial charge in [-0.2, -0.15) is 0 Å². The number of amides is 2. The second kappa shape index (κ2) is 6.29. The number of rotatable bonds is 4. The lowest BCUT2D eigenvalue weighted by molar-refractivity contribution is -0.141. The lowest BCUT2D eigenvalue weighted by Gasteiger charge is -2.33. The highest BCUT2D eigenvalue weighted by Crippen LogP contribution is 2.39. The van der Waals surface area contributed by atoms with Crippen LogP contribution in [0.4, 0.5) is 4.79 Å². The molecule has 4 unspecified atom stereocenters. The van der Waals surface area contributed by atoms with Crippen molar-refractivity contribution in [3.8, 4) is 0 Å². The van der Waals surface area contributed by atoms with Crippen molar-refractivity contribution in [3.63, 3.8) is 0 Å². The highest BCUT2D eigenvalue weighted by molar-refractivity contribution is 5.84. The first-order chi connectivity index (χ1) is 9.54. The van der Waals surface area contributed by atoms with Gasteiger partial charge in [-0.3, -0.25) is 0 Å². The number of urea groups is 1. The van der Waals surface area contributed by atoms with Gasteiger partial charge in [-0.25, -0.2) is 9.59 Å². The number of nitrogens with one attached hydrogen (secondary N) is 1. The number of hydrogen-bond acceptors (Lipinski definition) is 2. The van der Waals surface area contributed by atoms with E-state index in [2.05, 4.69) is 11.9 Å². The summed E-state index contributed by atoms with van der Waals surface area (Å²) in [5.41, 5.74) is 0. The number of carbonyl (C=O) groups is 2. The van der Waals surface area contributed by atoms with E-state index >= 15 is 0 Å². The molecule has 0 spiro atoms. The van der Waals surface area contributed by atoms with Crippen molar-refractivity contribution in [2.45, 2.75) is 63.6 Å². The Bertz CT molecular complexity index is 397. The number of carboxylic acids is 1. The number of carbonyl (C=O) groups excluding carboxylic acids is 1. The zero-order valence-corrected chi connectivity index (χ0v) is 12.0. The van der Waals surface area contributed by atoms with Crippen molar-refractivity contribution in [2.24, 2.45) is 5.92 Å². The molecule has 4 atom stereocenters. The molecular formula is C15H24N2O3. The van der Waals surface area contributed by atoms with Crippen LogP contribution in [0.15, 0.2) is 12.7 Å². The van der Waals surface area contributed by atoms with Crippen LogP contribution in [0.25, 0.3) is 0 Å². The molecule has 0 aromatic heterocycles. The molecule has 2 rings (SSSR count). The Balaban J connectivity index is 2.10. The van der Waals surface area contributed by atoms with E-state index in [1.54, 1.807) is 11.0 Å². The summed E-state index contributed by atoms with van der Waals surface area (Å²) in [6, 6.07) is -0.821. The monoisotopic (exact) mass is 280 g/mol. The molecule has 1 saturated carbocycles. The summed E-state index contributed by atoms with van der Waals surface area (Å²) >= 11 is 0. The predicted octanol–water partition coefficient (Wildman–Crippen LogP) is 2.38. The van der Waals surface area contributed by atoms with E-state index in [0.717, 1.165) is 25.7 Å². The maximum Gasteiger partial charge on any atom is 0.326 e. The van der Waals surface area contributed by atoms with Gasteiger partial charge in [-0.15, -0.1) is 6.58 Å². The smallest absolute Gasteiger partial charge is 0.326 e. The molecule has 0 aromatic carbocycles. The Morgan fingerprint density at radius 1 is 1.45 bits per heavy atom. The molecule has 1 aliphatic carbocycles. The van der Waals surface area contributed by atoms with Gasteiger partial charge in [0, 0.05) is 12.1 Å². The van der Waals surface area contributed by atoms with Crippen LogP contribution in [0, 0.1) is 5.92 Å². The van der Waals surface area contributed by atoms with E-state index in [0.29, 0.717) is 18.8 Å². The number of carboxylic acid groups (broad SMARTS) is 1. The van der Waals surface area contributed by atoms with Gasteiger partial charge in [0.15, 0.2) is 0 Å². The Kier molecular flexibility index (Phi) is 4.68. The second-order valence-electron chi connectivity index (χ2n) is 5.98. The van der Waals surface area contributed by atoms with Crippen molar-refractivity contribution in [1.82, 2.24) is 10.2 Å². The minimum Gasteiger partial charge on any atom is -0.480 e. The fraction of sp³-hybridized carbons (Fsp3) is 0.733. The molecule has 2 fully saturated rings. The lowest BCUT2D eigenvalue weighted by atomic mass is 9.85. The maximum absolute atomic E-state index is 12.4. The molecule has 0 radical (unpaired) electrons. The lowest BCUT2D eigenvalue weighted by Crippen LogP contribution is -2.52. The van der Waals surface area contributed by atoms with E-state index in [1.807, 2.05) is 6.92 Å². The summed E-state index contributed by atoms with van der Waals surface area (Å²) in [7, 11) is 0. The van der Waals surface area contributed by atoms with Crippen LogP contribution in [0.2, 0.25) is 0 Å². The highest BCUT2D eigenvalue weighted by atomic mass is 16.4. The predicted molar refractivity (Wildman–Crippen MR) is 76.4 cm³/mol. The van der Waals surface area contributed by atoms with Crippen molar-refractivity contribution >= 4 is 12.0 Å². The molecule has 20 heavy (non-hydrogen) atoms. The third-order valence-corrected chi connectivity index (χ3v) is 4.50. The summed E-state index contributed by atoms with van der Waals surface area (Å²) < 4.78 is 0. The minimum atomic E-state index is -0.883. The van der Waals surface area contributed by atoms with Crippen LogP contribution in [-0.2, 0) is 4.79 Å². The normalized spacial score (nSPS) is 30.4. The standard InChI is InChI=1S/C15H24N2O3/c1-3-6-10(2)16-15(20)17-12-8-5-4-7-11(12)9-13(17)14(18)19/h3,10-13H,1,4-9H2,2H3,(H,16,20)(H,18,19). The number of likely N-dealkylation sites (tertiary alicyclic amines) is 1. The number of fused-ring (bicyclic) bond motifs is 1. The second-order valence-corrected chi connectivity index (χ2v) is 5.98. The van der Waals surface area contributed by atoms with Gasteiger partial charge < -0.3 is 15.3 Å². The molecule has 5 nitrogen and oxygen atoms in total. The van der Waals surface area contributed by atoms with Crippen LogP contribution < -0.4 is 5.32 Å². The van der Waals surface area contributed by atoms with Crippen molar-refractivity contribution in [2.75, 3.05) is 0 Å². The first kappa shape index (κ1) is 14.9. The third-order valence-electron chi connectivity index (χ3n) is 4.50. The average Bonchev–Trinajstić information content (AvgIpc) is 2.78. The van der Waals surface area contributed by atoms with Gasteiger partial charge in [-0.05, 0) is 38.5 Å². The van der Waals surface area contributed by atoms with E-state index in [-0.39, 0.29) is 18.1 Å². The van der Waals surface area contributed by atoms with Gasteiger partial charge in [0.25, 0.3) is 0 Å². The van der Waals surface area contributed by atoms with E-state index < -0.39 is 12.0 Å². The fourth-order valence-electron chi connectivity index (χ4n) is 3.57. The van der Waals surface area contributed by atoms with Gasteiger partial charge in [0.1, 0.15) is 6.04 Å². The van der Waals surface area contributed by atoms with Crippen LogP contribution in [-0.4, -0.2) is 40.1 Å². The van der Waals surface area contributed by atoms with Crippen LogP contribution >= 0.6 is 0 Å². The molecule has 5 heteroatoms. The Labute approximate surface area is 120 Å². The zero-order valence-electron chi connectivity index (χ0n) is 12.0. The van der Waals surface area contributed by atoms with Crippen LogP contribution in [0.5, 0.6) is 0 Å². The van der Waals surface area contributed by atoms with Gasteiger partial charge >= 0.3 is 12.0 Å². The molecule has 2 aliphatic rings. The first-order valence-corrected chi connectivity index (χ1v) is 7.47. The fourth-order valence-corrected chi connectivity index (χ4v) is 3.57. The summed E-state index contributed by atoms with van der Waals surface area (Å²) in [4.78, 5) is 25.4. The van der Waals surface area contributed by atoms with Crippen LogP contribution in [0.3, 0.4) is 0 Å². The topological polar surface area (TPSA) is 69.6 Å². The Morgan fingerprint density at radius 2 is 2.15 bits per heavy atom. The van der Waals surface area contributed by atoms with Gasteiger partial charge in [0.2, 0.25) is 0 Å². The SMILES string of the molecule is C=CCC(C)NC(=O)N1C(C(=O)O)CC2CCCCC21. The molecule has 0 bridgehead atoms. The molecule has 2 N–H and O–H groups in total. The molecule has 1 saturated heterocycles. The van der Waals surface area contributed by atoms with Crippen molar-refractivity contribution in [3.05, 3.63) is 12.7 Å². The highest BCUT2D eigenvalue weighted by Gasteiger charge is 2.47. The molecule has 0 aromatic rings. The molecular weight excluding hydrogens is 256 g/mol. The Morgan fingerprint density at radius 3 is 2.80 bits per heavy atom. The van der Waals surface area contributed by atoms with Crippen molar-refractivity contribution < 1.29 is 14.7 Å². The number of aliphatic carboxylic acids is 1. The summed E-state index contributed by atoms with van der Waals surface area (Å²) in [6.45, 7) is 5.56. The third kappa shape index (κ3) is 2.97. The van der Waals surface area contributed by atoms with Gasteiger partial charge in [0.05, 0.1) is 0 Å². The van der Waals surface area contributed by atoms with E-state index in [9.17, 15) is 14.7 Å². The molecule has 1 aliphatic heterocycles. The van der Waals surface area contributed by atoms with E-state index in [4.69, 9.17) is 0 Å². The number of hydrogen-bond donors (Lipinski definition) is 2. The minimum absolute atomic E-state index is 0.0166. The summed E-state index contributed by atoms with van der Waals surface area (Å²) in [5.74, 6) is -0.531. The molecule has 2 amide bonds. The number of nitrogens with zero attached hydrogens (tertiary/aromatic N) is 1. The molecule has 112 valence electrons. The van der Waals surface area contributed by atoms with E-state index in [1.165, 1.54) is 0 Å². The van der Waals surface area contributed by atoms with Gasteiger partial charge in [-0.1, -0.05) is 18.9 Å². The first-order valence-electron chi connectivity index (χ1n) is 7.47. The van der Waals surface area contributed by atoms with Crippen LogP contribution in [0.1, 0.15) is 45.4 Å².